The van der Waals surface area contributed by atoms with Crippen molar-refractivity contribution >= 4 is 28.9 Å². The molecule has 1 rings (SSSR count). The molecule has 0 aliphatic heterocycles. The van der Waals surface area contributed by atoms with Crippen LogP contribution < -0.4 is 10.6 Å². The number of rotatable bonds is 7. The third kappa shape index (κ3) is 5.38. The maximum Gasteiger partial charge on any atom is 0.221 e. The summed E-state index contributed by atoms with van der Waals surface area (Å²) < 4.78 is 0. The lowest BCUT2D eigenvalue weighted by Crippen LogP contribution is -2.07. The van der Waals surface area contributed by atoms with Gasteiger partial charge in [-0.2, -0.15) is 0 Å². The summed E-state index contributed by atoms with van der Waals surface area (Å²) >= 11 is 6.06. The van der Waals surface area contributed by atoms with Crippen molar-refractivity contribution in [1.29, 1.82) is 0 Å². The van der Waals surface area contributed by atoms with Crippen molar-refractivity contribution in [3.05, 3.63) is 23.2 Å². The zero-order valence-corrected chi connectivity index (χ0v) is 11.3. The highest BCUT2D eigenvalue weighted by atomic mass is 35.5. The van der Waals surface area contributed by atoms with Crippen molar-refractivity contribution < 1.29 is 9.90 Å². The molecule has 0 aliphatic rings. The molecule has 3 N–H and O–H groups in total. The molecule has 0 saturated heterocycles. The number of carbonyl (C=O) groups is 1. The van der Waals surface area contributed by atoms with E-state index in [1.54, 1.807) is 12.1 Å². The molecular formula is C13H19ClN2O2. The highest BCUT2D eigenvalue weighted by Gasteiger charge is 2.02. The minimum Gasteiger partial charge on any atom is -0.396 e. The Hall–Kier alpha value is -1.26. The van der Waals surface area contributed by atoms with Gasteiger partial charge < -0.3 is 15.7 Å². The Labute approximate surface area is 112 Å². The quantitative estimate of drug-likeness (QED) is 0.668. The number of halogens is 1. The van der Waals surface area contributed by atoms with Gasteiger partial charge >= 0.3 is 0 Å². The first-order valence-electron chi connectivity index (χ1n) is 6.05. The van der Waals surface area contributed by atoms with E-state index in [9.17, 15) is 4.79 Å². The number of aliphatic hydroxyl groups excluding tert-OH is 1. The van der Waals surface area contributed by atoms with Crippen LogP contribution in [0.2, 0.25) is 5.02 Å². The Bertz CT molecular complexity index is 397. The molecule has 0 aromatic heterocycles. The van der Waals surface area contributed by atoms with Gasteiger partial charge in [0.1, 0.15) is 0 Å². The van der Waals surface area contributed by atoms with E-state index in [-0.39, 0.29) is 12.5 Å². The number of amides is 1. The predicted octanol–water partition coefficient (Wildman–Crippen LogP) is 2.87. The van der Waals surface area contributed by atoms with Gasteiger partial charge in [-0.3, -0.25) is 4.79 Å². The lowest BCUT2D eigenvalue weighted by molar-refractivity contribution is -0.114. The standard InChI is InChI=1S/C13H19ClN2O2/c1-10(18)16-11-5-6-12(14)13(9-11)15-7-3-2-4-8-17/h5-6,9,15,17H,2-4,7-8H2,1H3,(H,16,18). The second-order valence-corrected chi connectivity index (χ2v) is 4.49. The Morgan fingerprint density at radius 1 is 1.33 bits per heavy atom. The molecule has 0 aliphatic carbocycles. The molecule has 18 heavy (non-hydrogen) atoms. The van der Waals surface area contributed by atoms with Crippen molar-refractivity contribution in [1.82, 2.24) is 0 Å². The first kappa shape index (κ1) is 14.8. The molecule has 4 nitrogen and oxygen atoms in total. The SMILES string of the molecule is CC(=O)Nc1ccc(Cl)c(NCCCCCO)c1. The van der Waals surface area contributed by atoms with Gasteiger partial charge in [0.2, 0.25) is 5.91 Å². The molecule has 1 amide bonds. The summed E-state index contributed by atoms with van der Waals surface area (Å²) in [5.74, 6) is -0.105. The van der Waals surface area contributed by atoms with E-state index >= 15 is 0 Å². The lowest BCUT2D eigenvalue weighted by Gasteiger charge is -2.10. The number of anilines is 2. The van der Waals surface area contributed by atoms with Gasteiger partial charge in [0.15, 0.2) is 0 Å². The Balaban J connectivity index is 2.50. The molecular weight excluding hydrogens is 252 g/mol. The van der Waals surface area contributed by atoms with Crippen LogP contribution in [0.15, 0.2) is 18.2 Å². The third-order valence-corrected chi connectivity index (χ3v) is 2.77. The van der Waals surface area contributed by atoms with Gasteiger partial charge in [0.25, 0.3) is 0 Å². The molecule has 0 spiro atoms. The molecule has 100 valence electrons. The summed E-state index contributed by atoms with van der Waals surface area (Å²) in [4.78, 5) is 11.0. The minimum atomic E-state index is -0.105. The van der Waals surface area contributed by atoms with E-state index in [2.05, 4.69) is 10.6 Å². The van der Waals surface area contributed by atoms with E-state index in [0.29, 0.717) is 5.02 Å². The van der Waals surface area contributed by atoms with Gasteiger partial charge in [0, 0.05) is 25.8 Å². The van der Waals surface area contributed by atoms with Gasteiger partial charge in [-0.05, 0) is 37.5 Å². The van der Waals surface area contributed by atoms with Gasteiger partial charge in [-0.25, -0.2) is 0 Å². The zero-order chi connectivity index (χ0) is 13.4. The van der Waals surface area contributed by atoms with Crippen LogP contribution in [0.5, 0.6) is 0 Å². The molecule has 0 fully saturated rings. The van der Waals surface area contributed by atoms with Crippen LogP contribution in [0, 0.1) is 0 Å². The molecule has 5 heteroatoms. The highest BCUT2D eigenvalue weighted by molar-refractivity contribution is 6.33. The number of aliphatic hydroxyl groups is 1. The van der Waals surface area contributed by atoms with Crippen molar-refractivity contribution in [3.63, 3.8) is 0 Å². The largest absolute Gasteiger partial charge is 0.396 e. The minimum absolute atomic E-state index is 0.105. The number of unbranched alkanes of at least 4 members (excludes halogenated alkanes) is 2. The molecule has 0 saturated carbocycles. The lowest BCUT2D eigenvalue weighted by atomic mass is 10.2. The van der Waals surface area contributed by atoms with Gasteiger partial charge in [-0.1, -0.05) is 11.6 Å². The molecule has 0 bridgehead atoms. The van der Waals surface area contributed by atoms with E-state index < -0.39 is 0 Å². The van der Waals surface area contributed by atoms with Gasteiger partial charge in [0.05, 0.1) is 10.7 Å². The molecule has 0 unspecified atom stereocenters. The normalized spacial score (nSPS) is 10.2. The second-order valence-electron chi connectivity index (χ2n) is 4.09. The van der Waals surface area contributed by atoms with E-state index in [4.69, 9.17) is 16.7 Å². The van der Waals surface area contributed by atoms with E-state index in [1.165, 1.54) is 6.92 Å². The van der Waals surface area contributed by atoms with Crippen molar-refractivity contribution in [2.24, 2.45) is 0 Å². The maximum atomic E-state index is 11.0. The van der Waals surface area contributed by atoms with Crippen molar-refractivity contribution in [2.75, 3.05) is 23.8 Å². The number of hydrogen-bond donors (Lipinski definition) is 3. The summed E-state index contributed by atoms with van der Waals surface area (Å²) in [6, 6.07) is 5.33. The smallest absolute Gasteiger partial charge is 0.221 e. The monoisotopic (exact) mass is 270 g/mol. The molecule has 0 heterocycles. The number of hydrogen-bond acceptors (Lipinski definition) is 3. The fourth-order valence-electron chi connectivity index (χ4n) is 1.58. The molecule has 0 radical (unpaired) electrons. The van der Waals surface area contributed by atoms with Crippen LogP contribution in [0.3, 0.4) is 0 Å². The Morgan fingerprint density at radius 3 is 2.78 bits per heavy atom. The number of nitrogens with one attached hydrogen (secondary N) is 2. The van der Waals surface area contributed by atoms with Crippen LogP contribution >= 0.6 is 11.6 Å². The summed E-state index contributed by atoms with van der Waals surface area (Å²) in [6.45, 7) is 2.50. The Morgan fingerprint density at radius 2 is 2.11 bits per heavy atom. The summed E-state index contributed by atoms with van der Waals surface area (Å²) in [7, 11) is 0. The van der Waals surface area contributed by atoms with Crippen molar-refractivity contribution in [2.45, 2.75) is 26.2 Å². The fourth-order valence-corrected chi connectivity index (χ4v) is 1.76. The second kappa shape index (κ2) is 7.95. The first-order valence-corrected chi connectivity index (χ1v) is 6.43. The summed E-state index contributed by atoms with van der Waals surface area (Å²) in [6.07, 6.45) is 2.77. The topological polar surface area (TPSA) is 61.4 Å². The van der Waals surface area contributed by atoms with Gasteiger partial charge in [-0.15, -0.1) is 0 Å². The van der Waals surface area contributed by atoms with Crippen LogP contribution in [0.25, 0.3) is 0 Å². The first-order chi connectivity index (χ1) is 8.63. The molecule has 0 atom stereocenters. The number of benzene rings is 1. The van der Waals surface area contributed by atoms with Crippen LogP contribution in [0.4, 0.5) is 11.4 Å². The average molecular weight is 271 g/mol. The van der Waals surface area contributed by atoms with E-state index in [1.807, 2.05) is 6.07 Å². The van der Waals surface area contributed by atoms with Crippen LogP contribution in [0.1, 0.15) is 26.2 Å². The predicted molar refractivity (Wildman–Crippen MR) is 75.2 cm³/mol. The summed E-state index contributed by atoms with van der Waals surface area (Å²) in [5.41, 5.74) is 1.54. The van der Waals surface area contributed by atoms with Crippen molar-refractivity contribution in [3.8, 4) is 0 Å². The number of carbonyl (C=O) groups excluding carboxylic acids is 1. The van der Waals surface area contributed by atoms with Crippen LogP contribution in [-0.2, 0) is 4.79 Å². The zero-order valence-electron chi connectivity index (χ0n) is 10.5. The Kier molecular flexibility index (Phi) is 6.54. The average Bonchev–Trinajstić information content (AvgIpc) is 2.32. The van der Waals surface area contributed by atoms with E-state index in [0.717, 1.165) is 37.2 Å². The maximum absolute atomic E-state index is 11.0. The van der Waals surface area contributed by atoms with Crippen LogP contribution in [-0.4, -0.2) is 24.2 Å². The summed E-state index contributed by atoms with van der Waals surface area (Å²) in [5, 5.41) is 15.2. The molecule has 1 aromatic rings. The molecule has 1 aromatic carbocycles. The highest BCUT2D eigenvalue weighted by Crippen LogP contribution is 2.25. The third-order valence-electron chi connectivity index (χ3n) is 2.44. The fraction of sp³-hybridized carbons (Fsp3) is 0.462.